The van der Waals surface area contributed by atoms with Crippen LogP contribution >= 0.6 is 0 Å². The van der Waals surface area contributed by atoms with Crippen molar-refractivity contribution in [1.29, 1.82) is 0 Å². The number of non-ortho nitro benzene ring substituents is 1. The first-order valence-corrected chi connectivity index (χ1v) is 8.93. The van der Waals surface area contributed by atoms with E-state index in [4.69, 9.17) is 9.47 Å². The first-order chi connectivity index (χ1) is 14.1. The van der Waals surface area contributed by atoms with Gasteiger partial charge in [-0.05, 0) is 61.0 Å². The van der Waals surface area contributed by atoms with Gasteiger partial charge in [0.05, 0.1) is 10.6 Å². The van der Waals surface area contributed by atoms with E-state index >= 15 is 0 Å². The lowest BCUT2D eigenvalue weighted by molar-refractivity contribution is -0.384. The van der Waals surface area contributed by atoms with Gasteiger partial charge in [0.2, 0.25) is 0 Å². The second kappa shape index (κ2) is 9.84. The Labute approximate surface area is 168 Å². The van der Waals surface area contributed by atoms with Gasteiger partial charge in [0.25, 0.3) is 5.69 Å². The molecular weight excluding hydrogens is 372 g/mol. The number of nitro benzene ring substituents is 1. The van der Waals surface area contributed by atoms with Gasteiger partial charge in [-0.3, -0.25) is 15.5 Å². The smallest absolute Gasteiger partial charge is 0.269 e. The number of rotatable bonds is 9. The van der Waals surface area contributed by atoms with Gasteiger partial charge in [0.15, 0.2) is 0 Å². The summed E-state index contributed by atoms with van der Waals surface area (Å²) in [5.41, 5.74) is 4.73. The Balaban J connectivity index is 1.44. The molecule has 0 saturated heterocycles. The third-order valence-electron chi connectivity index (χ3n) is 3.94. The van der Waals surface area contributed by atoms with Crippen molar-refractivity contribution >= 4 is 17.2 Å². The molecule has 8 heteroatoms. The Kier molecular flexibility index (Phi) is 6.72. The van der Waals surface area contributed by atoms with Crippen LogP contribution in [0.1, 0.15) is 12.5 Å². The van der Waals surface area contributed by atoms with Crippen LogP contribution < -0.4 is 14.9 Å². The number of hydrogen-bond donors (Lipinski definition) is 1. The van der Waals surface area contributed by atoms with E-state index in [-0.39, 0.29) is 5.69 Å². The summed E-state index contributed by atoms with van der Waals surface area (Å²) in [5, 5.41) is 14.9. The zero-order valence-corrected chi connectivity index (χ0v) is 15.8. The van der Waals surface area contributed by atoms with E-state index in [0.29, 0.717) is 30.5 Å². The highest BCUT2D eigenvalue weighted by Crippen LogP contribution is 2.17. The number of hydrazone groups is 1. The summed E-state index contributed by atoms with van der Waals surface area (Å²) in [6.45, 7) is 2.59. The third kappa shape index (κ3) is 6.03. The lowest BCUT2D eigenvalue weighted by Gasteiger charge is -2.09. The zero-order valence-electron chi connectivity index (χ0n) is 15.8. The van der Waals surface area contributed by atoms with Crippen molar-refractivity contribution in [2.45, 2.75) is 6.92 Å². The van der Waals surface area contributed by atoms with E-state index in [9.17, 15) is 10.1 Å². The number of hydrogen-bond acceptors (Lipinski definition) is 7. The summed E-state index contributed by atoms with van der Waals surface area (Å²) < 4.78 is 11.2. The maximum atomic E-state index is 10.6. The van der Waals surface area contributed by atoms with Gasteiger partial charge in [-0.25, -0.2) is 4.98 Å². The molecule has 0 atom stereocenters. The molecule has 1 aromatic heterocycles. The fraction of sp³-hybridized carbons (Fsp3) is 0.143. The maximum Gasteiger partial charge on any atom is 0.269 e. The fourth-order valence-electron chi connectivity index (χ4n) is 2.41. The van der Waals surface area contributed by atoms with Crippen molar-refractivity contribution in [1.82, 2.24) is 4.98 Å². The molecule has 0 spiro atoms. The van der Waals surface area contributed by atoms with Gasteiger partial charge in [0, 0.05) is 18.3 Å². The van der Waals surface area contributed by atoms with Gasteiger partial charge in [-0.2, -0.15) is 5.10 Å². The third-order valence-corrected chi connectivity index (χ3v) is 3.94. The molecule has 0 unspecified atom stereocenters. The number of pyridine rings is 1. The van der Waals surface area contributed by atoms with Crippen molar-refractivity contribution in [3.05, 3.63) is 88.6 Å². The Morgan fingerprint density at radius 2 is 1.62 bits per heavy atom. The number of benzene rings is 2. The summed E-state index contributed by atoms with van der Waals surface area (Å²) in [7, 11) is 0. The molecule has 1 heterocycles. The van der Waals surface area contributed by atoms with Crippen LogP contribution in [0.4, 0.5) is 11.5 Å². The molecule has 29 heavy (non-hydrogen) atoms. The summed E-state index contributed by atoms with van der Waals surface area (Å²) in [6.07, 6.45) is 1.70. The molecule has 0 fully saturated rings. The molecule has 0 radical (unpaired) electrons. The first-order valence-electron chi connectivity index (χ1n) is 8.93. The van der Waals surface area contributed by atoms with E-state index in [1.807, 2.05) is 49.4 Å². The molecule has 0 bridgehead atoms. The monoisotopic (exact) mass is 392 g/mol. The number of ether oxygens (including phenoxy) is 2. The highest BCUT2D eigenvalue weighted by Gasteiger charge is 2.04. The number of nitro groups is 1. The molecule has 0 aliphatic rings. The molecule has 0 saturated carbocycles. The van der Waals surface area contributed by atoms with Crippen LogP contribution in [-0.2, 0) is 0 Å². The summed E-state index contributed by atoms with van der Waals surface area (Å²) in [5.74, 6) is 1.95. The molecular formula is C21H20N4O4. The fourth-order valence-corrected chi connectivity index (χ4v) is 2.41. The molecule has 0 amide bonds. The quantitative estimate of drug-likeness (QED) is 0.252. The van der Waals surface area contributed by atoms with E-state index in [2.05, 4.69) is 15.5 Å². The van der Waals surface area contributed by atoms with E-state index in [1.165, 1.54) is 12.1 Å². The molecule has 8 nitrogen and oxygen atoms in total. The molecule has 3 aromatic rings. The number of nitrogens with one attached hydrogen (secondary N) is 1. The lowest BCUT2D eigenvalue weighted by atomic mass is 10.1. The average Bonchev–Trinajstić information content (AvgIpc) is 2.76. The van der Waals surface area contributed by atoms with Gasteiger partial charge < -0.3 is 9.47 Å². The minimum absolute atomic E-state index is 0.0303. The van der Waals surface area contributed by atoms with Crippen molar-refractivity contribution in [2.24, 2.45) is 5.10 Å². The van der Waals surface area contributed by atoms with E-state index in [1.54, 1.807) is 18.3 Å². The number of nitrogens with zero attached hydrogens (tertiary/aromatic N) is 3. The van der Waals surface area contributed by atoms with Crippen molar-refractivity contribution < 1.29 is 14.4 Å². The Bertz CT molecular complexity index is 958. The standard InChI is InChI=1S/C21H20N4O4/c1-16(23-24-21-4-2-3-13-22-21)17-5-9-19(10-6-17)28-14-15-29-20-11-7-18(8-12-20)25(26)27/h2-13H,14-15H2,1H3,(H,22,24)/b23-16-. The van der Waals surface area contributed by atoms with Crippen LogP contribution in [0.15, 0.2) is 78.0 Å². The lowest BCUT2D eigenvalue weighted by Crippen LogP contribution is -2.09. The molecule has 0 aliphatic carbocycles. The van der Waals surface area contributed by atoms with E-state index in [0.717, 1.165) is 11.3 Å². The van der Waals surface area contributed by atoms with Crippen molar-refractivity contribution in [3.63, 3.8) is 0 Å². The number of anilines is 1. The predicted octanol–water partition coefficient (Wildman–Crippen LogP) is 4.28. The second-order valence-electron chi connectivity index (χ2n) is 6.00. The van der Waals surface area contributed by atoms with Gasteiger partial charge >= 0.3 is 0 Å². The summed E-state index contributed by atoms with van der Waals surface area (Å²) in [4.78, 5) is 14.3. The van der Waals surface area contributed by atoms with Crippen LogP contribution in [0.5, 0.6) is 11.5 Å². The molecule has 0 aliphatic heterocycles. The first kappa shape index (κ1) is 19.8. The largest absolute Gasteiger partial charge is 0.490 e. The Hall–Kier alpha value is -3.94. The predicted molar refractivity (Wildman–Crippen MR) is 111 cm³/mol. The second-order valence-corrected chi connectivity index (χ2v) is 6.00. The zero-order chi connectivity index (χ0) is 20.5. The minimum atomic E-state index is -0.447. The van der Waals surface area contributed by atoms with Crippen molar-refractivity contribution in [2.75, 3.05) is 18.6 Å². The average molecular weight is 392 g/mol. The Morgan fingerprint density at radius 3 is 2.17 bits per heavy atom. The van der Waals surface area contributed by atoms with Gasteiger partial charge in [-0.15, -0.1) is 0 Å². The van der Waals surface area contributed by atoms with Crippen LogP contribution in [0.3, 0.4) is 0 Å². The highest BCUT2D eigenvalue weighted by molar-refractivity contribution is 5.99. The molecule has 2 aromatic carbocycles. The molecule has 3 rings (SSSR count). The van der Waals surface area contributed by atoms with Gasteiger partial charge in [-0.1, -0.05) is 6.07 Å². The van der Waals surface area contributed by atoms with Crippen LogP contribution in [-0.4, -0.2) is 28.8 Å². The van der Waals surface area contributed by atoms with Gasteiger partial charge in [0.1, 0.15) is 30.5 Å². The summed E-state index contributed by atoms with van der Waals surface area (Å²) >= 11 is 0. The summed E-state index contributed by atoms with van der Waals surface area (Å²) in [6, 6.07) is 19.1. The Morgan fingerprint density at radius 1 is 1.00 bits per heavy atom. The maximum absolute atomic E-state index is 10.6. The van der Waals surface area contributed by atoms with Crippen LogP contribution in [0, 0.1) is 10.1 Å². The van der Waals surface area contributed by atoms with E-state index < -0.39 is 4.92 Å². The van der Waals surface area contributed by atoms with Crippen LogP contribution in [0.2, 0.25) is 0 Å². The molecule has 148 valence electrons. The topological polar surface area (TPSA) is 98.9 Å². The highest BCUT2D eigenvalue weighted by atomic mass is 16.6. The normalized spacial score (nSPS) is 11.0. The van der Waals surface area contributed by atoms with Crippen LogP contribution in [0.25, 0.3) is 0 Å². The minimum Gasteiger partial charge on any atom is -0.490 e. The SMILES string of the molecule is C/C(=N/Nc1ccccn1)c1ccc(OCCOc2ccc([N+](=O)[O-])cc2)cc1. The van der Waals surface area contributed by atoms with Crippen molar-refractivity contribution in [3.8, 4) is 11.5 Å². The number of aromatic nitrogens is 1. The molecule has 1 N–H and O–H groups in total.